The Morgan fingerprint density at radius 3 is 3.00 bits per heavy atom. The SMILES string of the molecule is Cc1ccc2c(n1)N(CC(C)C)CCN2. The summed E-state index contributed by atoms with van der Waals surface area (Å²) in [6.45, 7) is 9.70. The van der Waals surface area contributed by atoms with Crippen molar-refractivity contribution in [1.29, 1.82) is 0 Å². The van der Waals surface area contributed by atoms with Gasteiger partial charge >= 0.3 is 0 Å². The second-order valence-electron chi connectivity index (χ2n) is 4.59. The quantitative estimate of drug-likeness (QED) is 0.803. The summed E-state index contributed by atoms with van der Waals surface area (Å²) in [5.74, 6) is 1.80. The molecule has 3 heteroatoms. The number of anilines is 2. The topological polar surface area (TPSA) is 28.2 Å². The lowest BCUT2D eigenvalue weighted by molar-refractivity contribution is 0.605. The standard InChI is InChI=1S/C12H19N3/c1-9(2)8-15-7-6-13-11-5-4-10(3)14-12(11)15/h4-5,9,13H,6-8H2,1-3H3. The zero-order valence-electron chi connectivity index (χ0n) is 9.75. The Morgan fingerprint density at radius 1 is 1.47 bits per heavy atom. The molecule has 0 radical (unpaired) electrons. The molecule has 0 bridgehead atoms. The highest BCUT2D eigenvalue weighted by Crippen LogP contribution is 2.27. The van der Waals surface area contributed by atoms with Crippen molar-refractivity contribution >= 4 is 11.5 Å². The van der Waals surface area contributed by atoms with Crippen LogP contribution in [0.25, 0.3) is 0 Å². The maximum atomic E-state index is 4.61. The molecule has 0 aliphatic carbocycles. The molecular formula is C12H19N3. The number of aryl methyl sites for hydroxylation is 1. The number of fused-ring (bicyclic) bond motifs is 1. The number of hydrogen-bond donors (Lipinski definition) is 1. The largest absolute Gasteiger partial charge is 0.380 e. The Labute approximate surface area is 91.5 Å². The molecule has 15 heavy (non-hydrogen) atoms. The first-order valence-corrected chi connectivity index (χ1v) is 5.63. The number of nitrogens with one attached hydrogen (secondary N) is 1. The molecule has 0 saturated carbocycles. The van der Waals surface area contributed by atoms with E-state index in [0.717, 1.165) is 31.1 Å². The molecule has 2 heterocycles. The molecule has 1 aromatic heterocycles. The highest BCUT2D eigenvalue weighted by atomic mass is 15.2. The van der Waals surface area contributed by atoms with E-state index in [1.165, 1.54) is 5.69 Å². The highest BCUT2D eigenvalue weighted by Gasteiger charge is 2.18. The number of rotatable bonds is 2. The van der Waals surface area contributed by atoms with E-state index in [-0.39, 0.29) is 0 Å². The third-order valence-electron chi connectivity index (χ3n) is 2.60. The average molecular weight is 205 g/mol. The van der Waals surface area contributed by atoms with E-state index in [1.54, 1.807) is 0 Å². The van der Waals surface area contributed by atoms with Crippen LogP contribution in [0.4, 0.5) is 11.5 Å². The van der Waals surface area contributed by atoms with Crippen molar-refractivity contribution in [2.75, 3.05) is 29.9 Å². The molecule has 2 rings (SSSR count). The van der Waals surface area contributed by atoms with Crippen LogP contribution in [0.2, 0.25) is 0 Å². The lowest BCUT2D eigenvalue weighted by Gasteiger charge is -2.32. The minimum absolute atomic E-state index is 0.679. The molecule has 0 unspecified atom stereocenters. The fraction of sp³-hybridized carbons (Fsp3) is 0.583. The third kappa shape index (κ3) is 2.22. The molecule has 3 nitrogen and oxygen atoms in total. The van der Waals surface area contributed by atoms with E-state index in [0.29, 0.717) is 5.92 Å². The van der Waals surface area contributed by atoms with Crippen molar-refractivity contribution in [2.45, 2.75) is 20.8 Å². The number of nitrogens with zero attached hydrogens (tertiary/aromatic N) is 2. The van der Waals surface area contributed by atoms with Gasteiger partial charge in [0, 0.05) is 25.3 Å². The molecule has 1 N–H and O–H groups in total. The molecule has 1 aliphatic rings. The van der Waals surface area contributed by atoms with E-state index < -0.39 is 0 Å². The van der Waals surface area contributed by atoms with Crippen LogP contribution in [0.3, 0.4) is 0 Å². The molecule has 1 aromatic rings. The van der Waals surface area contributed by atoms with Crippen molar-refractivity contribution in [2.24, 2.45) is 5.92 Å². The van der Waals surface area contributed by atoms with Crippen LogP contribution in [-0.4, -0.2) is 24.6 Å². The zero-order chi connectivity index (χ0) is 10.8. The molecule has 0 spiro atoms. The van der Waals surface area contributed by atoms with Gasteiger partial charge in [-0.05, 0) is 25.0 Å². The smallest absolute Gasteiger partial charge is 0.152 e. The Hall–Kier alpha value is -1.25. The van der Waals surface area contributed by atoms with Gasteiger partial charge in [0.15, 0.2) is 5.82 Å². The van der Waals surface area contributed by atoms with E-state index in [1.807, 2.05) is 6.92 Å². The predicted octanol–water partition coefficient (Wildman–Crippen LogP) is 2.28. The van der Waals surface area contributed by atoms with Gasteiger partial charge in [-0.25, -0.2) is 4.98 Å². The van der Waals surface area contributed by atoms with Crippen LogP contribution < -0.4 is 10.2 Å². The summed E-state index contributed by atoms with van der Waals surface area (Å²) in [5, 5.41) is 3.39. The van der Waals surface area contributed by atoms with Crippen LogP contribution in [0.15, 0.2) is 12.1 Å². The first-order chi connectivity index (χ1) is 7.16. The highest BCUT2D eigenvalue weighted by molar-refractivity contribution is 5.68. The monoisotopic (exact) mass is 205 g/mol. The Bertz CT molecular complexity index is 347. The maximum Gasteiger partial charge on any atom is 0.152 e. The van der Waals surface area contributed by atoms with Crippen molar-refractivity contribution in [3.63, 3.8) is 0 Å². The summed E-state index contributed by atoms with van der Waals surface area (Å²) in [4.78, 5) is 6.99. The molecule has 0 atom stereocenters. The summed E-state index contributed by atoms with van der Waals surface area (Å²) >= 11 is 0. The molecule has 0 fully saturated rings. The van der Waals surface area contributed by atoms with Crippen LogP contribution in [0.5, 0.6) is 0 Å². The summed E-state index contributed by atoms with van der Waals surface area (Å²) in [6.07, 6.45) is 0. The molecule has 0 amide bonds. The van der Waals surface area contributed by atoms with Gasteiger partial charge in [-0.15, -0.1) is 0 Å². The van der Waals surface area contributed by atoms with Crippen molar-refractivity contribution in [3.05, 3.63) is 17.8 Å². The molecule has 0 saturated heterocycles. The van der Waals surface area contributed by atoms with Crippen LogP contribution in [0, 0.1) is 12.8 Å². The normalized spacial score (nSPS) is 15.1. The van der Waals surface area contributed by atoms with Crippen LogP contribution in [0.1, 0.15) is 19.5 Å². The fourth-order valence-electron chi connectivity index (χ4n) is 1.97. The van der Waals surface area contributed by atoms with Gasteiger partial charge in [0.25, 0.3) is 0 Å². The maximum absolute atomic E-state index is 4.61. The second kappa shape index (κ2) is 4.09. The van der Waals surface area contributed by atoms with E-state index in [2.05, 4.69) is 41.2 Å². The lowest BCUT2D eigenvalue weighted by atomic mass is 10.2. The first kappa shape index (κ1) is 10.3. The second-order valence-corrected chi connectivity index (χ2v) is 4.59. The van der Waals surface area contributed by atoms with Gasteiger partial charge < -0.3 is 10.2 Å². The minimum Gasteiger partial charge on any atom is -0.380 e. The Balaban J connectivity index is 2.28. The Morgan fingerprint density at radius 2 is 2.27 bits per heavy atom. The number of hydrogen-bond acceptors (Lipinski definition) is 3. The van der Waals surface area contributed by atoms with E-state index in [4.69, 9.17) is 0 Å². The van der Waals surface area contributed by atoms with Crippen molar-refractivity contribution < 1.29 is 0 Å². The Kier molecular flexibility index (Phi) is 2.80. The van der Waals surface area contributed by atoms with E-state index in [9.17, 15) is 0 Å². The van der Waals surface area contributed by atoms with Gasteiger partial charge in [0.05, 0.1) is 5.69 Å². The summed E-state index contributed by atoms with van der Waals surface area (Å²) < 4.78 is 0. The first-order valence-electron chi connectivity index (χ1n) is 5.63. The fourth-order valence-corrected chi connectivity index (χ4v) is 1.97. The van der Waals surface area contributed by atoms with Gasteiger partial charge in [0.2, 0.25) is 0 Å². The number of aromatic nitrogens is 1. The van der Waals surface area contributed by atoms with Gasteiger partial charge in [0.1, 0.15) is 0 Å². The molecule has 0 aromatic carbocycles. The van der Waals surface area contributed by atoms with E-state index >= 15 is 0 Å². The molecular weight excluding hydrogens is 186 g/mol. The summed E-state index contributed by atoms with van der Waals surface area (Å²) in [5.41, 5.74) is 2.26. The van der Waals surface area contributed by atoms with Gasteiger partial charge in [-0.1, -0.05) is 13.8 Å². The van der Waals surface area contributed by atoms with Crippen molar-refractivity contribution in [1.82, 2.24) is 4.98 Å². The average Bonchev–Trinajstić information content (AvgIpc) is 2.18. The van der Waals surface area contributed by atoms with Gasteiger partial charge in [-0.2, -0.15) is 0 Å². The number of pyridine rings is 1. The lowest BCUT2D eigenvalue weighted by Crippen LogP contribution is -2.37. The summed E-state index contributed by atoms with van der Waals surface area (Å²) in [7, 11) is 0. The summed E-state index contributed by atoms with van der Waals surface area (Å²) in [6, 6.07) is 4.19. The zero-order valence-corrected chi connectivity index (χ0v) is 9.75. The van der Waals surface area contributed by atoms with Crippen LogP contribution >= 0.6 is 0 Å². The van der Waals surface area contributed by atoms with Crippen molar-refractivity contribution in [3.8, 4) is 0 Å². The molecule has 1 aliphatic heterocycles. The van der Waals surface area contributed by atoms with Gasteiger partial charge in [-0.3, -0.25) is 0 Å². The molecule has 82 valence electrons. The minimum atomic E-state index is 0.679. The predicted molar refractivity (Wildman–Crippen MR) is 64.5 cm³/mol. The van der Waals surface area contributed by atoms with Crippen LogP contribution in [-0.2, 0) is 0 Å². The third-order valence-corrected chi connectivity index (χ3v) is 2.60.